The molecule has 0 N–H and O–H groups in total. The van der Waals surface area contributed by atoms with Crippen LogP contribution in [0.1, 0.15) is 0 Å². The summed E-state index contributed by atoms with van der Waals surface area (Å²) in [5, 5.41) is 6.15. The van der Waals surface area contributed by atoms with Crippen molar-refractivity contribution in [2.45, 2.75) is 0 Å². The summed E-state index contributed by atoms with van der Waals surface area (Å²) in [6, 6.07) is 54.7. The van der Waals surface area contributed by atoms with Gasteiger partial charge in [-0.05, 0) is 0 Å². The first-order valence-electron chi connectivity index (χ1n) is 17.1. The summed E-state index contributed by atoms with van der Waals surface area (Å²) >= 11 is 0.0897. The Morgan fingerprint density at radius 3 is 1.61 bits per heavy atom. The van der Waals surface area contributed by atoms with E-state index in [1.54, 1.807) is 0 Å². The van der Waals surface area contributed by atoms with Crippen LogP contribution in [0.15, 0.2) is 170 Å². The molecule has 0 saturated carbocycles. The van der Waals surface area contributed by atoms with E-state index in [0.717, 1.165) is 16.5 Å². The molecule has 0 saturated heterocycles. The molecule has 0 spiro atoms. The standard InChI is InChI=1S/C46H28N4Se/c1-3-11-32(12-4-1)49-40-17-9-7-15-34(40)36-23-29(19-21-42(36)49)31-25-44-45(48-26-31)39-28-47-27-38(46(39)51-44)30-20-22-43-37(24-30)35-16-8-10-18-41(35)50(43)33-13-5-2-6-14-33/h1-28H. The van der Waals surface area contributed by atoms with Gasteiger partial charge < -0.3 is 0 Å². The molecule has 0 bridgehead atoms. The van der Waals surface area contributed by atoms with E-state index in [4.69, 9.17) is 9.97 Å². The van der Waals surface area contributed by atoms with Crippen molar-refractivity contribution in [3.05, 3.63) is 170 Å². The van der Waals surface area contributed by atoms with Crippen molar-refractivity contribution in [2.75, 3.05) is 0 Å². The normalized spacial score (nSPS) is 11.9. The molecule has 5 aromatic heterocycles. The molecule has 0 fully saturated rings. The van der Waals surface area contributed by atoms with Crippen LogP contribution in [-0.4, -0.2) is 33.6 Å². The molecule has 0 aliphatic heterocycles. The van der Waals surface area contributed by atoms with Crippen molar-refractivity contribution >= 4 is 77.5 Å². The molecular formula is C46H28N4Se. The molecular weight excluding hydrogens is 687 g/mol. The molecule has 238 valence electrons. The number of nitrogens with zero attached hydrogens (tertiary/aromatic N) is 4. The Hall–Kier alpha value is -6.26. The second-order valence-corrected chi connectivity index (χ2v) is 15.3. The maximum atomic E-state index is 5.10. The zero-order valence-corrected chi connectivity index (χ0v) is 29.1. The zero-order chi connectivity index (χ0) is 33.5. The molecule has 6 aromatic carbocycles. The molecule has 5 heterocycles. The van der Waals surface area contributed by atoms with Crippen molar-refractivity contribution in [3.8, 4) is 33.6 Å². The van der Waals surface area contributed by atoms with E-state index >= 15 is 0 Å². The van der Waals surface area contributed by atoms with Gasteiger partial charge in [0.1, 0.15) is 0 Å². The van der Waals surface area contributed by atoms with Crippen LogP contribution in [0.2, 0.25) is 0 Å². The monoisotopic (exact) mass is 716 g/mol. The van der Waals surface area contributed by atoms with Crippen LogP contribution >= 0.6 is 0 Å². The van der Waals surface area contributed by atoms with Gasteiger partial charge in [-0.1, -0.05) is 0 Å². The third-order valence-electron chi connectivity index (χ3n) is 10.2. The van der Waals surface area contributed by atoms with Crippen LogP contribution in [0.25, 0.3) is 96.7 Å². The van der Waals surface area contributed by atoms with Gasteiger partial charge in [-0.3, -0.25) is 0 Å². The minimum atomic E-state index is 0.0897. The van der Waals surface area contributed by atoms with E-state index in [2.05, 4.69) is 161 Å². The van der Waals surface area contributed by atoms with Crippen LogP contribution in [0, 0.1) is 0 Å². The summed E-state index contributed by atoms with van der Waals surface area (Å²) in [5.74, 6) is 0. The Balaban J connectivity index is 1.05. The topological polar surface area (TPSA) is 35.6 Å². The number of fused-ring (bicyclic) bond motifs is 9. The minimum absolute atomic E-state index is 0.0897. The van der Waals surface area contributed by atoms with Crippen LogP contribution in [0.4, 0.5) is 0 Å². The second-order valence-electron chi connectivity index (χ2n) is 13.1. The average Bonchev–Trinajstić information content (AvgIpc) is 3.85. The summed E-state index contributed by atoms with van der Waals surface area (Å²) in [7, 11) is 0. The molecule has 4 nitrogen and oxygen atoms in total. The molecule has 51 heavy (non-hydrogen) atoms. The third-order valence-corrected chi connectivity index (χ3v) is 12.7. The fourth-order valence-electron chi connectivity index (χ4n) is 7.93. The molecule has 11 aromatic rings. The summed E-state index contributed by atoms with van der Waals surface area (Å²) < 4.78 is 7.38. The first-order chi connectivity index (χ1) is 25.3. The summed E-state index contributed by atoms with van der Waals surface area (Å²) in [5.41, 5.74) is 12.9. The number of benzene rings is 6. The number of aromatic nitrogens is 4. The van der Waals surface area contributed by atoms with Crippen LogP contribution in [-0.2, 0) is 0 Å². The molecule has 0 aliphatic rings. The Morgan fingerprint density at radius 1 is 0.412 bits per heavy atom. The summed E-state index contributed by atoms with van der Waals surface area (Å²) in [6.45, 7) is 0. The molecule has 0 unspecified atom stereocenters. The summed E-state index contributed by atoms with van der Waals surface area (Å²) in [6.07, 6.45) is 6.09. The van der Waals surface area contributed by atoms with Gasteiger partial charge in [0.05, 0.1) is 0 Å². The molecule has 0 amide bonds. The molecule has 0 atom stereocenters. The van der Waals surface area contributed by atoms with Crippen molar-refractivity contribution < 1.29 is 0 Å². The number of para-hydroxylation sites is 4. The molecule has 11 rings (SSSR count). The van der Waals surface area contributed by atoms with Crippen LogP contribution in [0.3, 0.4) is 0 Å². The Bertz CT molecular complexity index is 3130. The number of rotatable bonds is 4. The number of hydrogen-bond acceptors (Lipinski definition) is 2. The van der Waals surface area contributed by atoms with Gasteiger partial charge in [-0.25, -0.2) is 0 Å². The first kappa shape index (κ1) is 28.6. The van der Waals surface area contributed by atoms with Gasteiger partial charge in [0, 0.05) is 0 Å². The molecule has 5 heteroatoms. The Labute approximate surface area is 299 Å². The first-order valence-corrected chi connectivity index (χ1v) is 18.9. The van der Waals surface area contributed by atoms with E-state index in [0.29, 0.717) is 0 Å². The summed E-state index contributed by atoms with van der Waals surface area (Å²) in [4.78, 5) is 9.86. The van der Waals surface area contributed by atoms with Gasteiger partial charge in [0.15, 0.2) is 0 Å². The maximum absolute atomic E-state index is 5.10. The fourth-order valence-corrected chi connectivity index (χ4v) is 10.5. The zero-order valence-electron chi connectivity index (χ0n) is 27.4. The number of hydrogen-bond donors (Lipinski definition) is 0. The molecule has 0 aliphatic carbocycles. The Kier molecular flexibility index (Phi) is 6.23. The Morgan fingerprint density at radius 2 is 0.961 bits per heavy atom. The van der Waals surface area contributed by atoms with Crippen LogP contribution in [0.5, 0.6) is 0 Å². The quantitative estimate of drug-likeness (QED) is 0.170. The van der Waals surface area contributed by atoms with Gasteiger partial charge in [0.2, 0.25) is 0 Å². The SMILES string of the molecule is c1ccc(-n2c3ccccc3c3cc(-c4cnc5c(c4)[se]c4c(-c6ccc7c(c6)c6ccccc6n7-c6ccccc6)cncc45)ccc32)cc1. The second kappa shape index (κ2) is 11.1. The fraction of sp³-hybridized carbons (Fsp3) is 0. The van der Waals surface area contributed by atoms with Gasteiger partial charge in [-0.15, -0.1) is 0 Å². The van der Waals surface area contributed by atoms with Crippen molar-refractivity contribution in [1.29, 1.82) is 0 Å². The van der Waals surface area contributed by atoms with Crippen molar-refractivity contribution in [1.82, 2.24) is 19.1 Å². The third kappa shape index (κ3) is 4.32. The van der Waals surface area contributed by atoms with E-state index in [1.165, 1.54) is 80.2 Å². The van der Waals surface area contributed by atoms with Crippen molar-refractivity contribution in [2.24, 2.45) is 0 Å². The van der Waals surface area contributed by atoms with E-state index < -0.39 is 0 Å². The van der Waals surface area contributed by atoms with E-state index in [1.807, 2.05) is 18.6 Å². The predicted molar refractivity (Wildman–Crippen MR) is 214 cm³/mol. The van der Waals surface area contributed by atoms with Crippen molar-refractivity contribution in [3.63, 3.8) is 0 Å². The van der Waals surface area contributed by atoms with Crippen LogP contribution < -0.4 is 0 Å². The molecule has 0 radical (unpaired) electrons. The van der Waals surface area contributed by atoms with E-state index in [9.17, 15) is 0 Å². The van der Waals surface area contributed by atoms with Gasteiger partial charge in [-0.2, -0.15) is 0 Å². The predicted octanol–water partition coefficient (Wildman–Crippen LogP) is 11.4. The van der Waals surface area contributed by atoms with Gasteiger partial charge >= 0.3 is 301 Å². The van der Waals surface area contributed by atoms with Gasteiger partial charge in [0.25, 0.3) is 0 Å². The number of pyridine rings is 2. The average molecular weight is 716 g/mol. The van der Waals surface area contributed by atoms with E-state index in [-0.39, 0.29) is 14.5 Å².